The number of halogens is 2. The summed E-state index contributed by atoms with van der Waals surface area (Å²) < 4.78 is 13.7. The second kappa shape index (κ2) is 7.42. The molecule has 0 spiro atoms. The second-order valence-electron chi connectivity index (χ2n) is 5.65. The van der Waals surface area contributed by atoms with Crippen LogP contribution < -0.4 is 5.32 Å². The fourth-order valence-electron chi connectivity index (χ4n) is 2.34. The first-order chi connectivity index (χ1) is 10.9. The molecule has 2 aromatic rings. The van der Waals surface area contributed by atoms with Gasteiger partial charge in [-0.05, 0) is 42.2 Å². The summed E-state index contributed by atoms with van der Waals surface area (Å²) in [6, 6.07) is 10.3. The molecule has 2 aromatic carbocycles. The second-order valence-corrected chi connectivity index (χ2v) is 6.06. The normalized spacial score (nSPS) is 11.2. The van der Waals surface area contributed by atoms with E-state index in [-0.39, 0.29) is 22.4 Å². The summed E-state index contributed by atoms with van der Waals surface area (Å²) in [6.45, 7) is 6.08. The SMILES string of the molecule is Cc1cccc(C(C)C)c1NC(=O)/C=C/c1c(F)cccc1Cl. The lowest BCUT2D eigenvalue weighted by atomic mass is 9.98. The van der Waals surface area contributed by atoms with Gasteiger partial charge in [0.25, 0.3) is 0 Å². The highest BCUT2D eigenvalue weighted by Gasteiger charge is 2.11. The summed E-state index contributed by atoms with van der Waals surface area (Å²) >= 11 is 5.94. The van der Waals surface area contributed by atoms with Crippen molar-refractivity contribution in [2.75, 3.05) is 5.32 Å². The number of amides is 1. The minimum atomic E-state index is -0.458. The Morgan fingerprint density at radius 1 is 1.22 bits per heavy atom. The van der Waals surface area contributed by atoms with Crippen LogP contribution in [0.15, 0.2) is 42.5 Å². The van der Waals surface area contributed by atoms with Crippen LogP contribution in [0, 0.1) is 12.7 Å². The van der Waals surface area contributed by atoms with Crippen LogP contribution in [-0.2, 0) is 4.79 Å². The molecule has 0 aromatic heterocycles. The molecule has 0 aliphatic heterocycles. The lowest BCUT2D eigenvalue weighted by Crippen LogP contribution is -2.11. The Balaban J connectivity index is 2.22. The first kappa shape index (κ1) is 17.2. The van der Waals surface area contributed by atoms with Gasteiger partial charge in [0.15, 0.2) is 0 Å². The molecule has 2 nitrogen and oxygen atoms in total. The van der Waals surface area contributed by atoms with Crippen LogP contribution >= 0.6 is 11.6 Å². The fraction of sp³-hybridized carbons (Fsp3) is 0.211. The summed E-state index contributed by atoms with van der Waals surface area (Å²) in [5.41, 5.74) is 3.06. The average Bonchev–Trinajstić information content (AvgIpc) is 2.48. The highest BCUT2D eigenvalue weighted by molar-refractivity contribution is 6.32. The van der Waals surface area contributed by atoms with E-state index in [0.29, 0.717) is 0 Å². The molecule has 120 valence electrons. The first-order valence-electron chi connectivity index (χ1n) is 7.42. The molecule has 4 heteroatoms. The largest absolute Gasteiger partial charge is 0.322 e. The summed E-state index contributed by atoms with van der Waals surface area (Å²) in [5.74, 6) is -0.490. The number of benzene rings is 2. The molecule has 0 unspecified atom stereocenters. The van der Waals surface area contributed by atoms with Crippen LogP contribution in [0.2, 0.25) is 5.02 Å². The monoisotopic (exact) mass is 331 g/mol. The average molecular weight is 332 g/mol. The topological polar surface area (TPSA) is 29.1 Å². The van der Waals surface area contributed by atoms with Crippen LogP contribution in [-0.4, -0.2) is 5.91 Å². The zero-order valence-electron chi connectivity index (χ0n) is 13.4. The molecule has 0 saturated carbocycles. The van der Waals surface area contributed by atoms with E-state index in [1.165, 1.54) is 24.3 Å². The Bertz CT molecular complexity index is 733. The Kier molecular flexibility index (Phi) is 5.56. The third-order valence-corrected chi connectivity index (χ3v) is 3.91. The highest BCUT2D eigenvalue weighted by Crippen LogP contribution is 2.27. The molecular formula is C19H19ClFNO. The van der Waals surface area contributed by atoms with E-state index in [9.17, 15) is 9.18 Å². The van der Waals surface area contributed by atoms with E-state index >= 15 is 0 Å². The lowest BCUT2D eigenvalue weighted by Gasteiger charge is -2.15. The van der Waals surface area contributed by atoms with Crippen molar-refractivity contribution in [2.24, 2.45) is 0 Å². The number of carbonyl (C=O) groups excluding carboxylic acids is 1. The van der Waals surface area contributed by atoms with Crippen molar-refractivity contribution in [3.8, 4) is 0 Å². The van der Waals surface area contributed by atoms with E-state index in [0.717, 1.165) is 16.8 Å². The number of para-hydroxylation sites is 1. The van der Waals surface area contributed by atoms with E-state index < -0.39 is 5.82 Å². The number of anilines is 1. The van der Waals surface area contributed by atoms with Gasteiger partial charge in [-0.1, -0.05) is 49.7 Å². The van der Waals surface area contributed by atoms with Gasteiger partial charge in [-0.3, -0.25) is 4.79 Å². The summed E-state index contributed by atoms with van der Waals surface area (Å²) in [4.78, 5) is 12.2. The third kappa shape index (κ3) is 4.20. The number of carbonyl (C=O) groups is 1. The van der Waals surface area contributed by atoms with Crippen molar-refractivity contribution in [1.29, 1.82) is 0 Å². The Hall–Kier alpha value is -2.13. The van der Waals surface area contributed by atoms with Crippen LogP contribution in [0.5, 0.6) is 0 Å². The van der Waals surface area contributed by atoms with E-state index in [2.05, 4.69) is 19.2 Å². The minimum Gasteiger partial charge on any atom is -0.322 e. The maximum Gasteiger partial charge on any atom is 0.248 e. The number of hydrogen-bond acceptors (Lipinski definition) is 1. The number of hydrogen-bond donors (Lipinski definition) is 1. The molecule has 0 fully saturated rings. The van der Waals surface area contributed by atoms with Crippen LogP contribution in [0.3, 0.4) is 0 Å². The molecule has 1 amide bonds. The molecule has 1 N–H and O–H groups in total. The van der Waals surface area contributed by atoms with Gasteiger partial charge in [0.05, 0.1) is 5.02 Å². The summed E-state index contributed by atoms with van der Waals surface area (Å²) in [6.07, 6.45) is 2.68. The quantitative estimate of drug-likeness (QED) is 0.730. The molecule has 0 saturated heterocycles. The van der Waals surface area contributed by atoms with Gasteiger partial charge in [-0.15, -0.1) is 0 Å². The van der Waals surface area contributed by atoms with Crippen LogP contribution in [0.4, 0.5) is 10.1 Å². The van der Waals surface area contributed by atoms with E-state index in [1.807, 2.05) is 25.1 Å². The Labute approximate surface area is 141 Å². The predicted molar refractivity (Wildman–Crippen MR) is 94.3 cm³/mol. The molecular weight excluding hydrogens is 313 g/mol. The fourth-order valence-corrected chi connectivity index (χ4v) is 2.56. The molecule has 0 aliphatic rings. The predicted octanol–water partition coefficient (Wildman–Crippen LogP) is 5.56. The van der Waals surface area contributed by atoms with Gasteiger partial charge < -0.3 is 5.32 Å². The van der Waals surface area contributed by atoms with Crippen molar-refractivity contribution in [3.63, 3.8) is 0 Å². The van der Waals surface area contributed by atoms with Gasteiger partial charge >= 0.3 is 0 Å². The Morgan fingerprint density at radius 2 is 1.91 bits per heavy atom. The van der Waals surface area contributed by atoms with Crippen LogP contribution in [0.1, 0.15) is 36.5 Å². The molecule has 0 aliphatic carbocycles. The van der Waals surface area contributed by atoms with Crippen molar-refractivity contribution in [2.45, 2.75) is 26.7 Å². The maximum absolute atomic E-state index is 13.7. The lowest BCUT2D eigenvalue weighted by molar-refractivity contribution is -0.111. The molecule has 0 heterocycles. The first-order valence-corrected chi connectivity index (χ1v) is 7.80. The van der Waals surface area contributed by atoms with Crippen LogP contribution in [0.25, 0.3) is 6.08 Å². The van der Waals surface area contributed by atoms with E-state index in [1.54, 1.807) is 6.07 Å². The molecule has 23 heavy (non-hydrogen) atoms. The smallest absolute Gasteiger partial charge is 0.248 e. The number of nitrogens with one attached hydrogen (secondary N) is 1. The van der Waals surface area contributed by atoms with Gasteiger partial charge in [-0.25, -0.2) is 4.39 Å². The highest BCUT2D eigenvalue weighted by atomic mass is 35.5. The van der Waals surface area contributed by atoms with Gasteiger partial charge in [0.2, 0.25) is 5.91 Å². The number of aryl methyl sites for hydroxylation is 1. The third-order valence-electron chi connectivity index (χ3n) is 3.58. The van der Waals surface area contributed by atoms with Crippen molar-refractivity contribution < 1.29 is 9.18 Å². The van der Waals surface area contributed by atoms with Gasteiger partial charge in [-0.2, -0.15) is 0 Å². The van der Waals surface area contributed by atoms with Crippen molar-refractivity contribution in [3.05, 3.63) is 70.0 Å². The summed E-state index contributed by atoms with van der Waals surface area (Å²) in [7, 11) is 0. The van der Waals surface area contributed by atoms with Crippen molar-refractivity contribution in [1.82, 2.24) is 0 Å². The van der Waals surface area contributed by atoms with Gasteiger partial charge in [0, 0.05) is 17.3 Å². The Morgan fingerprint density at radius 3 is 2.57 bits per heavy atom. The molecule has 0 radical (unpaired) electrons. The molecule has 0 bridgehead atoms. The zero-order chi connectivity index (χ0) is 17.0. The van der Waals surface area contributed by atoms with E-state index in [4.69, 9.17) is 11.6 Å². The van der Waals surface area contributed by atoms with Gasteiger partial charge in [0.1, 0.15) is 5.82 Å². The maximum atomic E-state index is 13.7. The minimum absolute atomic E-state index is 0.207. The molecule has 2 rings (SSSR count). The number of rotatable bonds is 4. The molecule has 0 atom stereocenters. The zero-order valence-corrected chi connectivity index (χ0v) is 14.1. The van der Waals surface area contributed by atoms with Crippen molar-refractivity contribution >= 4 is 29.3 Å². The standard InChI is InChI=1S/C19H19ClFNO/c1-12(2)14-7-4-6-13(3)19(14)22-18(23)11-10-15-16(20)8-5-9-17(15)21/h4-12H,1-3H3,(H,22,23)/b11-10+. The summed E-state index contributed by atoms with van der Waals surface area (Å²) in [5, 5.41) is 3.15.